The molecule has 2 aromatic carbocycles. The van der Waals surface area contributed by atoms with Gasteiger partial charge in [0.1, 0.15) is 20.1 Å². The van der Waals surface area contributed by atoms with Crippen molar-refractivity contribution in [3.63, 3.8) is 0 Å². The summed E-state index contributed by atoms with van der Waals surface area (Å²) in [7, 11) is 0. The Bertz CT molecular complexity index is 1770. The number of hydrogen-bond donors (Lipinski definition) is 2. The van der Waals surface area contributed by atoms with Crippen molar-refractivity contribution in [3.8, 4) is 0 Å². The third-order valence-electron chi connectivity index (χ3n) is 7.27. The molecule has 0 radical (unpaired) electrons. The number of amides is 2. The van der Waals surface area contributed by atoms with Crippen LogP contribution in [0.1, 0.15) is 33.3 Å². The van der Waals surface area contributed by atoms with Crippen LogP contribution in [0.25, 0.3) is 5.57 Å². The number of β-lactam (4-membered cyclic amide) rings is 1. The number of nitrogens with one attached hydrogen (secondary N) is 1. The predicted molar refractivity (Wildman–Crippen MR) is 170 cm³/mol. The molecule has 222 valence electrons. The van der Waals surface area contributed by atoms with Gasteiger partial charge in [0.25, 0.3) is 5.91 Å². The van der Waals surface area contributed by atoms with E-state index >= 15 is 0 Å². The number of thiophene rings is 1. The second-order valence-electron chi connectivity index (χ2n) is 10.1. The van der Waals surface area contributed by atoms with Crippen molar-refractivity contribution >= 4 is 80.8 Å². The number of carboxylic acids is 2. The van der Waals surface area contributed by atoms with Gasteiger partial charge in [-0.1, -0.05) is 84.6 Å². The van der Waals surface area contributed by atoms with Crippen LogP contribution in [0.3, 0.4) is 0 Å². The molecule has 2 N–H and O–H groups in total. The Morgan fingerprint density at radius 2 is 1.67 bits per heavy atom. The number of thiocarbonyl (C=S) groups is 1. The second kappa shape index (κ2) is 14.1. The first kappa shape index (κ1) is 33.8. The third kappa shape index (κ3) is 6.53. The van der Waals surface area contributed by atoms with Gasteiger partial charge in [0.15, 0.2) is 0 Å². The van der Waals surface area contributed by atoms with Crippen LogP contribution in [-0.4, -0.2) is 53.9 Å². The topological polar surface area (TPSA) is 140 Å². The summed E-state index contributed by atoms with van der Waals surface area (Å²) < 4.78 is 0. The van der Waals surface area contributed by atoms with Gasteiger partial charge in [-0.05, 0) is 33.5 Å². The normalized spacial score (nSPS) is 19.0. The van der Waals surface area contributed by atoms with Crippen molar-refractivity contribution in [2.24, 2.45) is 0 Å². The van der Waals surface area contributed by atoms with Gasteiger partial charge < -0.3 is 20.3 Å². The molecule has 1 fully saturated rings. The number of thiazole rings is 1. The number of fused-ring (bicyclic) bond motifs is 1. The van der Waals surface area contributed by atoms with E-state index in [1.54, 1.807) is 0 Å². The summed E-state index contributed by atoms with van der Waals surface area (Å²) in [4.78, 5) is 55.7. The largest absolute Gasteiger partial charge is 1.00 e. The van der Waals surface area contributed by atoms with Gasteiger partial charge in [-0.15, -0.1) is 11.3 Å². The van der Waals surface area contributed by atoms with Crippen LogP contribution in [-0.2, 0) is 32.0 Å². The average molecular weight is 700 g/mol. The number of aromatic nitrogens is 1. The number of thioether (sulfide) groups is 1. The van der Waals surface area contributed by atoms with Crippen molar-refractivity contribution in [3.05, 3.63) is 116 Å². The first-order valence-corrected chi connectivity index (χ1v) is 16.4. The number of hydrogen-bond acceptors (Lipinski definition) is 10. The minimum absolute atomic E-state index is 0. The van der Waals surface area contributed by atoms with Gasteiger partial charge in [-0.3, -0.25) is 19.3 Å². The van der Waals surface area contributed by atoms with Gasteiger partial charge in [-0.25, -0.2) is 4.98 Å². The predicted octanol–water partition coefficient (Wildman–Crippen LogP) is 0.469. The van der Waals surface area contributed by atoms with Crippen molar-refractivity contribution in [2.45, 2.75) is 29.0 Å². The number of carboxylic acid groups (broad SMARTS) is 2. The van der Waals surface area contributed by atoms with E-state index in [1.807, 2.05) is 77.5 Å². The molecule has 4 aromatic rings. The molecule has 45 heavy (non-hydrogen) atoms. The maximum atomic E-state index is 14.0. The van der Waals surface area contributed by atoms with Gasteiger partial charge in [-0.2, -0.15) is 11.3 Å². The molecule has 9 nitrogen and oxygen atoms in total. The summed E-state index contributed by atoms with van der Waals surface area (Å²) in [6.45, 7) is 0. The average Bonchev–Trinajstić information content (AvgIpc) is 3.69. The minimum atomic E-state index is -1.65. The molecule has 2 aromatic heterocycles. The molecule has 2 amide bonds. The molecule has 1 saturated heterocycles. The number of nitrogens with zero attached hydrogens (tertiary/aromatic N) is 2. The fourth-order valence-electron chi connectivity index (χ4n) is 5.52. The van der Waals surface area contributed by atoms with Crippen LogP contribution in [0, 0.1) is 0 Å². The van der Waals surface area contributed by atoms with Gasteiger partial charge in [0, 0.05) is 11.3 Å². The maximum absolute atomic E-state index is 14.0. The van der Waals surface area contributed by atoms with Crippen LogP contribution in [0.4, 0.5) is 0 Å². The Morgan fingerprint density at radius 1 is 1.02 bits per heavy atom. The van der Waals surface area contributed by atoms with E-state index in [2.05, 4.69) is 10.3 Å². The van der Waals surface area contributed by atoms with Crippen LogP contribution in [0.15, 0.2) is 88.6 Å². The molecule has 2 aliphatic rings. The molecule has 4 heterocycles. The quantitative estimate of drug-likeness (QED) is 0.137. The van der Waals surface area contributed by atoms with Crippen LogP contribution >= 0.6 is 46.7 Å². The first-order valence-electron chi connectivity index (χ1n) is 13.3. The summed E-state index contributed by atoms with van der Waals surface area (Å²) >= 11 is 9.09. The molecule has 0 bridgehead atoms. The summed E-state index contributed by atoms with van der Waals surface area (Å²) in [5.74, 6) is -4.51. The molecule has 1 unspecified atom stereocenters. The van der Waals surface area contributed by atoms with Gasteiger partial charge in [0.2, 0.25) is 5.91 Å². The van der Waals surface area contributed by atoms with E-state index < -0.39 is 52.0 Å². The fourth-order valence-corrected chi connectivity index (χ4v) is 9.29. The van der Waals surface area contributed by atoms with Gasteiger partial charge in [0.05, 0.1) is 35.8 Å². The summed E-state index contributed by atoms with van der Waals surface area (Å²) in [5.41, 5.74) is 2.06. The number of carbonyl (C=O) groups excluding carboxylic acids is 3. The van der Waals surface area contributed by atoms with Crippen LogP contribution in [0.2, 0.25) is 0 Å². The Labute approximate surface area is 318 Å². The molecule has 14 heteroatoms. The maximum Gasteiger partial charge on any atom is 1.00 e. The molecule has 0 aliphatic carbocycles. The van der Waals surface area contributed by atoms with Crippen LogP contribution < -0.4 is 61.8 Å². The van der Waals surface area contributed by atoms with E-state index in [1.165, 1.54) is 16.7 Å². The molecular weight excluding hydrogens is 678 g/mol. The molecule has 6 rings (SSSR count). The molecule has 2 atom stereocenters. The molecule has 0 spiro atoms. The summed E-state index contributed by atoms with van der Waals surface area (Å²) in [6, 6.07) is 20.5. The summed E-state index contributed by atoms with van der Waals surface area (Å²) in [6.07, 6.45) is -0.388. The van der Waals surface area contributed by atoms with Crippen molar-refractivity contribution in [1.29, 1.82) is 0 Å². The number of benzene rings is 2. The Hall–Kier alpha value is -2.53. The number of rotatable bonds is 10. The van der Waals surface area contributed by atoms with Crippen molar-refractivity contribution < 1.29 is 80.8 Å². The zero-order valence-electron chi connectivity index (χ0n) is 23.7. The molecule has 2 aliphatic heterocycles. The monoisotopic (exact) mass is 699 g/mol. The minimum Gasteiger partial charge on any atom is -0.543 e. The Balaban J connectivity index is 0.00000400. The smallest absolute Gasteiger partial charge is 0.543 e. The van der Waals surface area contributed by atoms with Crippen molar-refractivity contribution in [2.75, 3.05) is 0 Å². The Morgan fingerprint density at radius 3 is 2.22 bits per heavy atom. The van der Waals surface area contributed by atoms with E-state index in [0.717, 1.165) is 44.7 Å². The van der Waals surface area contributed by atoms with Crippen molar-refractivity contribution in [1.82, 2.24) is 15.2 Å². The van der Waals surface area contributed by atoms with Crippen LogP contribution in [0.5, 0.6) is 0 Å². The third-order valence-corrected chi connectivity index (χ3v) is 11.0. The summed E-state index contributed by atoms with van der Waals surface area (Å²) in [5, 5.41) is 30.2. The SMILES string of the molecule is O=C(O)Cc1csc(C2=C(C(=O)[O-])N3C(=O)C(=S)[C@@H]3SC2(NC(=O)Cc2ccsc2)C(c2ccccc2)c2ccccc2)n1.[K+]. The first-order chi connectivity index (χ1) is 21.2. The van der Waals surface area contributed by atoms with E-state index in [9.17, 15) is 29.4 Å². The molecule has 0 saturated carbocycles. The fraction of sp³-hybridized carbons (Fsp3) is 0.161. The van der Waals surface area contributed by atoms with Gasteiger partial charge >= 0.3 is 57.4 Å². The van der Waals surface area contributed by atoms with E-state index in [4.69, 9.17) is 12.2 Å². The molecular formula is C31H22KN3O6S4. The second-order valence-corrected chi connectivity index (χ2v) is 13.5. The zero-order valence-corrected chi connectivity index (χ0v) is 30.1. The number of aliphatic carboxylic acids is 2. The standard InChI is InChI=1S/C31H23N3O6S4.K/c35-21(13-17-11-12-42-15-17)33-31(23(18-7-3-1-4-8-18)19-9-5-2-6-10-19)24(27-32-20(16-43-27)14-22(36)37)25(30(39)40)34-28(38)26(41)29(34)44-31;/h1-12,15-16,23,29H,13-14H2,(H,33,35)(H,36,37)(H,39,40);/q;+1/p-1/t29-,31?;/m0./s1. The number of carbonyl (C=O) groups is 4. The van der Waals surface area contributed by atoms with E-state index in [0.29, 0.717) is 0 Å². The van der Waals surface area contributed by atoms with E-state index in [-0.39, 0.29) is 78.9 Å². The Kier molecular flexibility index (Phi) is 10.6. The zero-order chi connectivity index (χ0) is 31.0.